The Morgan fingerprint density at radius 3 is 1.05 bits per heavy atom. The molecular formula is C81H132N22O27S2. The maximum atomic E-state index is 14.7. The number of benzene rings is 2. The summed E-state index contributed by atoms with van der Waals surface area (Å²) < 4.78 is 5.87. The summed E-state index contributed by atoms with van der Waals surface area (Å²) in [6.07, 6.45) is -4.13. The van der Waals surface area contributed by atoms with Gasteiger partial charge in [0.1, 0.15) is 102 Å². The van der Waals surface area contributed by atoms with Crippen molar-refractivity contribution in [2.45, 2.75) is 241 Å². The molecule has 51 heteroatoms. The third-order valence-corrected chi connectivity index (χ3v) is 20.3. The summed E-state index contributed by atoms with van der Waals surface area (Å²) in [6, 6.07) is -14.0. The predicted octanol–water partition coefficient (Wildman–Crippen LogP) is -8.71. The number of thiol groups is 2. The van der Waals surface area contributed by atoms with Crippen LogP contribution in [0, 0.1) is 23.2 Å². The third-order valence-electron chi connectivity index (χ3n) is 19.6. The molecule has 0 radical (unpaired) electrons. The van der Waals surface area contributed by atoms with E-state index in [4.69, 9.17) is 38.8 Å². The Morgan fingerprint density at radius 1 is 0.379 bits per heavy atom. The number of hydrogen-bond donors (Lipinski definition) is 32. The quantitative estimate of drug-likeness (QED) is 0.00961. The summed E-state index contributed by atoms with van der Waals surface area (Å²) in [5.74, 6) is -24.8. The lowest BCUT2D eigenvalue weighted by Gasteiger charge is -2.29. The normalized spacial score (nSPS) is 14.9. The van der Waals surface area contributed by atoms with Crippen LogP contribution in [0.4, 0.5) is 0 Å². The molecule has 2 aromatic rings. The van der Waals surface area contributed by atoms with Crippen LogP contribution in [-0.2, 0) is 104 Å². The first kappa shape index (κ1) is 116. The van der Waals surface area contributed by atoms with Gasteiger partial charge in [-0.05, 0) is 137 Å². The molecule has 15 amide bonds. The number of aliphatic hydroxyl groups is 3. The van der Waals surface area contributed by atoms with Crippen LogP contribution in [0.2, 0.25) is 0 Å². The van der Waals surface area contributed by atoms with Gasteiger partial charge in [-0.2, -0.15) is 25.3 Å². The van der Waals surface area contributed by atoms with E-state index in [0.29, 0.717) is 30.4 Å². The Kier molecular flexibility index (Phi) is 54.3. The number of carboxylic acids is 3. The van der Waals surface area contributed by atoms with Gasteiger partial charge in [0.25, 0.3) is 5.91 Å². The Hall–Kier alpha value is -11.9. The number of carbonyl (C=O) groups excluding carboxylic acids is 15. The fourth-order valence-electron chi connectivity index (χ4n) is 12.7. The molecular weight excluding hydrogens is 1780 g/mol. The van der Waals surface area contributed by atoms with Gasteiger partial charge in [-0.1, -0.05) is 65.8 Å². The van der Waals surface area contributed by atoms with Gasteiger partial charge in [-0.25, -0.2) is 10.2 Å². The molecule has 0 saturated heterocycles. The number of phenols is 2. The molecule has 740 valence electrons. The van der Waals surface area contributed by atoms with Gasteiger partial charge >= 0.3 is 17.9 Å². The van der Waals surface area contributed by atoms with Crippen molar-refractivity contribution >= 4 is 138 Å². The van der Waals surface area contributed by atoms with E-state index in [1.165, 1.54) is 48.5 Å². The smallest absolute Gasteiger partial charge is 0.328 e. The molecule has 0 aliphatic heterocycles. The van der Waals surface area contributed by atoms with Gasteiger partial charge < -0.3 is 149 Å². The SMILES string of the molecule is CC(C)CC(N)COC(Cc1ccc(O)cc1)C(=O)NN[C@@H](CS)C(=O)NC(CC(=O)O)C(=O)N[C@@H](CC(=O)O)C(=O)NC(CO)C(=O)N[C@@H](CO)C(=O)NC(CC(N)=O)C(=O)N[C@@H](CS)C(=O)NC(CC(C)C)C(=O)N[C@@H](CC(C)C)C(=O)NC(CCCCN)C(=O)N[C@@H](CCCCN)C(=O)NC(Cc1ccc(O)cc1)C(=O)N[C@@H](CCCNC(=N)N)C(=O)NC(CO)C(=O)O. The van der Waals surface area contributed by atoms with Gasteiger partial charge in [0.05, 0.1) is 45.7 Å². The number of ether oxygens (including phenoxy) is 1. The molecule has 0 heterocycles. The van der Waals surface area contributed by atoms with E-state index < -0.39 is 266 Å². The number of aliphatic hydroxyl groups excluding tert-OH is 3. The first-order valence-electron chi connectivity index (χ1n) is 42.6. The lowest BCUT2D eigenvalue weighted by atomic mass is 9.99. The highest BCUT2D eigenvalue weighted by atomic mass is 32.1. The lowest BCUT2D eigenvalue weighted by Crippen LogP contribution is -2.62. The number of guanidine groups is 1. The van der Waals surface area contributed by atoms with Crippen LogP contribution in [-0.4, -0.2) is 308 Å². The zero-order valence-electron chi connectivity index (χ0n) is 74.4. The standard InChI is InChI=1S/C81H132N22O27S2/c1-40(2)26-45(84)37-130-62(30-44-17-21-47(108)22-18-44)79(127)103-102-61(39-132)78(126)97-55(32-64(110)111)73(121)96-56(33-65(112)113)74(122)98-58(35-105)76(124)99-57(34-104)75(123)95-54(31-63(85)109)72(120)101-60(38-131)77(125)93-52(28-42(5)6)70(118)92-51(27-41(3)4)69(117)90-48(12-7-9-23-82)66(114)89-49(13-8-10-24-83)67(115)94-53(29-43-15-19-46(107)20-16-43)71(119)91-50(14-11-25-88-81(86)87)68(116)100-59(36-106)80(128)129/h15-22,40-42,45,48-62,102,104-108,131-132H,7-14,23-39,82-84H2,1-6H3,(H2,85,109)(H,89,114)(H,90,117)(H,91,119)(H,92,118)(H,93,125)(H,94,115)(H,95,123)(H,96,121)(H,97,126)(H,98,122)(H,99,124)(H,100,116)(H,101,120)(H,103,127)(H,110,111)(H,112,113)(H,128,129)(H4,86,87,88)/t45?,48?,49-,50-,51-,52?,53?,54?,55?,56-,57-,58?,59?,60-,61-,62?/m0/s1. The van der Waals surface area contributed by atoms with Crippen molar-refractivity contribution in [1.82, 2.24) is 85.3 Å². The van der Waals surface area contributed by atoms with Crippen molar-refractivity contribution in [3.05, 3.63) is 59.7 Å². The van der Waals surface area contributed by atoms with E-state index in [1.807, 2.05) is 29.8 Å². The summed E-state index contributed by atoms with van der Waals surface area (Å²) in [6.45, 7) is 7.09. The Labute approximate surface area is 773 Å². The highest BCUT2D eigenvalue weighted by Crippen LogP contribution is 2.18. The second-order valence-corrected chi connectivity index (χ2v) is 33.1. The summed E-state index contributed by atoms with van der Waals surface area (Å²) in [7, 11) is 0. The molecule has 35 N–H and O–H groups in total. The van der Waals surface area contributed by atoms with E-state index in [9.17, 15) is 127 Å². The third kappa shape index (κ3) is 45.3. The second-order valence-electron chi connectivity index (χ2n) is 32.4. The van der Waals surface area contributed by atoms with E-state index in [-0.39, 0.29) is 114 Å². The minimum Gasteiger partial charge on any atom is -0.508 e. The molecule has 0 aliphatic rings. The summed E-state index contributed by atoms with van der Waals surface area (Å²) in [5.41, 5.74) is 34.4. The van der Waals surface area contributed by atoms with Gasteiger partial charge in [0.15, 0.2) is 5.96 Å². The number of amides is 15. The number of aromatic hydroxyl groups is 2. The first-order chi connectivity index (χ1) is 62.2. The molecule has 2 rings (SSSR count). The van der Waals surface area contributed by atoms with E-state index >= 15 is 0 Å². The van der Waals surface area contributed by atoms with Crippen molar-refractivity contribution in [2.24, 2.45) is 46.4 Å². The minimum absolute atomic E-state index is 0.0184. The number of hydrazine groups is 1. The predicted molar refractivity (Wildman–Crippen MR) is 480 cm³/mol. The summed E-state index contributed by atoms with van der Waals surface area (Å²) >= 11 is 8.34. The number of phenolic OH excluding ortho intramolecular Hbond substituents is 2. The number of carboxylic acid groups (broad SMARTS) is 3. The number of carbonyl (C=O) groups is 18. The number of unbranched alkanes of at least 4 members (excludes halogenated alkanes) is 2. The van der Waals surface area contributed by atoms with E-state index in [2.05, 4.69) is 94.6 Å². The molecule has 0 aromatic heterocycles. The van der Waals surface area contributed by atoms with Crippen molar-refractivity contribution in [2.75, 3.05) is 57.6 Å². The van der Waals surface area contributed by atoms with E-state index in [1.54, 1.807) is 27.7 Å². The van der Waals surface area contributed by atoms with Crippen molar-refractivity contribution in [3.8, 4) is 11.5 Å². The van der Waals surface area contributed by atoms with Crippen LogP contribution in [0.3, 0.4) is 0 Å². The van der Waals surface area contributed by atoms with Gasteiger partial charge in [-0.3, -0.25) is 92.3 Å². The molecule has 2 aromatic carbocycles. The van der Waals surface area contributed by atoms with E-state index in [0.717, 1.165) is 0 Å². The van der Waals surface area contributed by atoms with Crippen molar-refractivity contribution in [1.29, 1.82) is 5.41 Å². The van der Waals surface area contributed by atoms with Crippen LogP contribution in [0.5, 0.6) is 11.5 Å². The fourth-order valence-corrected chi connectivity index (χ4v) is 13.2. The van der Waals surface area contributed by atoms with Gasteiger partial charge in [-0.15, -0.1) is 0 Å². The maximum absolute atomic E-state index is 14.7. The Balaban J connectivity index is 2.42. The van der Waals surface area contributed by atoms with Crippen molar-refractivity contribution < 1.29 is 132 Å². The number of nitrogens with two attached hydrogens (primary N) is 5. The van der Waals surface area contributed by atoms with Crippen LogP contribution < -0.4 is 114 Å². The summed E-state index contributed by atoms with van der Waals surface area (Å²) in [4.78, 5) is 246. The molecule has 9 unspecified atom stereocenters. The number of hydrogen-bond acceptors (Lipinski definition) is 31. The highest BCUT2D eigenvalue weighted by Gasteiger charge is 2.40. The van der Waals surface area contributed by atoms with Gasteiger partial charge in [0, 0.05) is 36.9 Å². The number of primary amides is 1. The van der Waals surface area contributed by atoms with Crippen LogP contribution >= 0.6 is 25.3 Å². The van der Waals surface area contributed by atoms with Crippen LogP contribution in [0.15, 0.2) is 48.5 Å². The van der Waals surface area contributed by atoms with Crippen LogP contribution in [0.25, 0.3) is 0 Å². The topological polar surface area (TPSA) is 825 Å². The highest BCUT2D eigenvalue weighted by molar-refractivity contribution is 7.80. The van der Waals surface area contributed by atoms with Gasteiger partial charge in [0.2, 0.25) is 82.7 Å². The molecule has 0 bridgehead atoms. The molecule has 0 spiro atoms. The Morgan fingerprint density at radius 2 is 0.689 bits per heavy atom. The van der Waals surface area contributed by atoms with Crippen LogP contribution in [0.1, 0.15) is 143 Å². The zero-order chi connectivity index (χ0) is 99.6. The van der Waals surface area contributed by atoms with Crippen molar-refractivity contribution in [3.63, 3.8) is 0 Å². The molecule has 132 heavy (non-hydrogen) atoms. The number of nitrogens with one attached hydrogen (secondary N) is 17. The number of rotatable bonds is 66. The Bertz CT molecular complexity index is 4140. The average Bonchev–Trinajstić information content (AvgIpc) is 0.845. The molecule has 0 saturated carbocycles. The first-order valence-corrected chi connectivity index (χ1v) is 43.9. The fraction of sp³-hybridized carbons (Fsp3) is 0.617. The largest absolute Gasteiger partial charge is 0.508 e. The zero-order valence-corrected chi connectivity index (χ0v) is 76.2. The molecule has 0 aliphatic carbocycles. The molecule has 16 atom stereocenters. The molecule has 0 fully saturated rings. The monoisotopic (exact) mass is 1910 g/mol. The summed E-state index contributed by atoms with van der Waals surface area (Å²) in [5, 5.41) is 120. The maximum Gasteiger partial charge on any atom is 0.328 e. The average molecular weight is 1910 g/mol. The lowest BCUT2D eigenvalue weighted by molar-refractivity contribution is -0.143. The minimum atomic E-state index is -2.24. The second kappa shape index (κ2) is 61.7. The number of aliphatic carboxylic acids is 3. The molecule has 49 nitrogen and oxygen atoms in total.